The van der Waals surface area contributed by atoms with Gasteiger partial charge in [-0.1, -0.05) is 19.8 Å². The molecule has 7 heteroatoms. The van der Waals surface area contributed by atoms with E-state index >= 15 is 0 Å². The lowest BCUT2D eigenvalue weighted by Gasteiger charge is -2.42. The summed E-state index contributed by atoms with van der Waals surface area (Å²) in [5.41, 5.74) is 5.31. The van der Waals surface area contributed by atoms with Crippen molar-refractivity contribution in [2.45, 2.75) is 42.4 Å². The molecule has 20 heavy (non-hydrogen) atoms. The van der Waals surface area contributed by atoms with Gasteiger partial charge in [0.15, 0.2) is 0 Å². The molecular formula is C13H19N3O2S2. The van der Waals surface area contributed by atoms with Crippen molar-refractivity contribution in [2.75, 3.05) is 6.54 Å². The van der Waals surface area contributed by atoms with Crippen molar-refractivity contribution in [3.8, 4) is 6.07 Å². The number of nitrogens with one attached hydrogen (secondary N) is 1. The standard InChI is InChI=1S/C13H19N3O2S2/c1-10-4-2-3-7-13(10,9-15)16-20(17,18)12-6-5-11(8-14)19-12/h5-6,10,16H,2-4,7,9,15H2,1H3. The molecule has 2 unspecified atom stereocenters. The maximum absolute atomic E-state index is 12.5. The summed E-state index contributed by atoms with van der Waals surface area (Å²) in [4.78, 5) is 0.392. The van der Waals surface area contributed by atoms with Crippen molar-refractivity contribution in [3.05, 3.63) is 17.0 Å². The number of hydrogen-bond acceptors (Lipinski definition) is 5. The van der Waals surface area contributed by atoms with E-state index in [1.165, 1.54) is 12.1 Å². The van der Waals surface area contributed by atoms with Crippen LogP contribution in [0.3, 0.4) is 0 Å². The van der Waals surface area contributed by atoms with E-state index < -0.39 is 15.6 Å². The second kappa shape index (κ2) is 5.82. The molecule has 0 saturated heterocycles. The van der Waals surface area contributed by atoms with Crippen molar-refractivity contribution in [1.82, 2.24) is 4.72 Å². The van der Waals surface area contributed by atoms with E-state index in [-0.39, 0.29) is 10.1 Å². The van der Waals surface area contributed by atoms with Crippen LogP contribution < -0.4 is 10.5 Å². The number of nitrogens with two attached hydrogens (primary N) is 1. The fourth-order valence-electron chi connectivity index (χ4n) is 2.75. The molecule has 1 fully saturated rings. The number of rotatable bonds is 4. The van der Waals surface area contributed by atoms with Crippen LogP contribution in [-0.4, -0.2) is 20.5 Å². The zero-order valence-electron chi connectivity index (χ0n) is 11.4. The molecule has 0 aromatic carbocycles. The summed E-state index contributed by atoms with van der Waals surface area (Å²) >= 11 is 0.986. The van der Waals surface area contributed by atoms with E-state index in [1.54, 1.807) is 0 Å². The predicted octanol–water partition coefficient (Wildman–Crippen LogP) is 1.81. The maximum atomic E-state index is 12.5. The summed E-state index contributed by atoms with van der Waals surface area (Å²) in [5, 5.41) is 8.80. The normalized spacial score (nSPS) is 27.1. The van der Waals surface area contributed by atoms with Crippen LogP contribution in [0.15, 0.2) is 16.3 Å². The summed E-state index contributed by atoms with van der Waals surface area (Å²) in [6.45, 7) is 2.34. The third-order valence-corrected chi connectivity index (χ3v) is 7.15. The quantitative estimate of drug-likeness (QED) is 0.886. The third-order valence-electron chi connectivity index (χ3n) is 4.11. The molecule has 1 saturated carbocycles. The van der Waals surface area contributed by atoms with Crippen LogP contribution in [0.5, 0.6) is 0 Å². The van der Waals surface area contributed by atoms with Crippen LogP contribution in [0.1, 0.15) is 37.5 Å². The minimum Gasteiger partial charge on any atom is -0.329 e. The van der Waals surface area contributed by atoms with Gasteiger partial charge in [-0.2, -0.15) is 5.26 Å². The highest BCUT2D eigenvalue weighted by molar-refractivity contribution is 7.91. The highest BCUT2D eigenvalue weighted by Gasteiger charge is 2.40. The number of hydrogen-bond donors (Lipinski definition) is 2. The molecule has 2 rings (SSSR count). The molecular weight excluding hydrogens is 294 g/mol. The van der Waals surface area contributed by atoms with Gasteiger partial charge >= 0.3 is 0 Å². The van der Waals surface area contributed by atoms with Gasteiger partial charge in [0.2, 0.25) is 0 Å². The van der Waals surface area contributed by atoms with Crippen LogP contribution in [-0.2, 0) is 10.0 Å². The minimum absolute atomic E-state index is 0.180. The second-order valence-electron chi connectivity index (χ2n) is 5.34. The van der Waals surface area contributed by atoms with E-state index in [0.717, 1.165) is 37.0 Å². The Morgan fingerprint density at radius 3 is 2.85 bits per heavy atom. The zero-order chi connectivity index (χ0) is 14.8. The first-order valence-corrected chi connectivity index (χ1v) is 8.97. The van der Waals surface area contributed by atoms with Crippen molar-refractivity contribution >= 4 is 21.4 Å². The van der Waals surface area contributed by atoms with Crippen LogP contribution in [0, 0.1) is 17.2 Å². The lowest BCUT2D eigenvalue weighted by Crippen LogP contribution is -2.58. The van der Waals surface area contributed by atoms with E-state index in [4.69, 9.17) is 11.0 Å². The second-order valence-corrected chi connectivity index (χ2v) is 8.34. The zero-order valence-corrected chi connectivity index (χ0v) is 13.1. The largest absolute Gasteiger partial charge is 0.329 e. The van der Waals surface area contributed by atoms with Gasteiger partial charge in [0.05, 0.1) is 0 Å². The Balaban J connectivity index is 2.28. The monoisotopic (exact) mass is 313 g/mol. The van der Waals surface area contributed by atoms with Gasteiger partial charge in [-0.3, -0.25) is 0 Å². The van der Waals surface area contributed by atoms with Gasteiger partial charge in [0.1, 0.15) is 15.2 Å². The van der Waals surface area contributed by atoms with Crippen molar-refractivity contribution < 1.29 is 8.42 Å². The average molecular weight is 313 g/mol. The lowest BCUT2D eigenvalue weighted by molar-refractivity contribution is 0.191. The molecule has 2 atom stereocenters. The lowest BCUT2D eigenvalue weighted by atomic mass is 9.74. The van der Waals surface area contributed by atoms with Gasteiger partial charge in [-0.15, -0.1) is 11.3 Å². The van der Waals surface area contributed by atoms with Crippen LogP contribution in [0.2, 0.25) is 0 Å². The van der Waals surface area contributed by atoms with Crippen molar-refractivity contribution in [2.24, 2.45) is 11.7 Å². The molecule has 0 aliphatic heterocycles. The number of sulfonamides is 1. The molecule has 0 radical (unpaired) electrons. The molecule has 0 spiro atoms. The van der Waals surface area contributed by atoms with Gasteiger partial charge in [-0.25, -0.2) is 13.1 Å². The van der Waals surface area contributed by atoms with Gasteiger partial charge < -0.3 is 5.73 Å². The number of nitriles is 1. The molecule has 1 aromatic heterocycles. The SMILES string of the molecule is CC1CCCCC1(CN)NS(=O)(=O)c1ccc(C#N)s1. The average Bonchev–Trinajstić information content (AvgIpc) is 2.91. The third kappa shape index (κ3) is 2.88. The first kappa shape index (κ1) is 15.4. The molecule has 1 aromatic rings. The molecule has 0 amide bonds. The molecule has 1 aliphatic rings. The Kier molecular flexibility index (Phi) is 4.49. The number of thiophene rings is 1. The van der Waals surface area contributed by atoms with Gasteiger partial charge in [0, 0.05) is 12.1 Å². The summed E-state index contributed by atoms with van der Waals surface area (Å²) in [6, 6.07) is 4.96. The van der Waals surface area contributed by atoms with E-state index in [0.29, 0.717) is 11.4 Å². The first-order valence-electron chi connectivity index (χ1n) is 6.67. The van der Waals surface area contributed by atoms with Crippen LogP contribution >= 0.6 is 11.3 Å². The number of nitrogens with zero attached hydrogens (tertiary/aromatic N) is 1. The highest BCUT2D eigenvalue weighted by Crippen LogP contribution is 2.34. The summed E-state index contributed by atoms with van der Waals surface area (Å²) < 4.78 is 27.9. The first-order chi connectivity index (χ1) is 9.43. The molecule has 0 bridgehead atoms. The van der Waals surface area contributed by atoms with Crippen molar-refractivity contribution in [1.29, 1.82) is 5.26 Å². The van der Waals surface area contributed by atoms with Crippen molar-refractivity contribution in [3.63, 3.8) is 0 Å². The Morgan fingerprint density at radius 2 is 2.30 bits per heavy atom. The highest BCUT2D eigenvalue weighted by atomic mass is 32.2. The molecule has 1 heterocycles. The Hall–Kier alpha value is -0.940. The van der Waals surface area contributed by atoms with Gasteiger partial charge in [0.25, 0.3) is 10.0 Å². The maximum Gasteiger partial charge on any atom is 0.250 e. The molecule has 110 valence electrons. The fraction of sp³-hybridized carbons (Fsp3) is 0.615. The van der Waals surface area contributed by atoms with Crippen LogP contribution in [0.4, 0.5) is 0 Å². The topological polar surface area (TPSA) is 96.0 Å². The van der Waals surface area contributed by atoms with E-state index in [2.05, 4.69) is 4.72 Å². The summed E-state index contributed by atoms with van der Waals surface area (Å²) in [5.74, 6) is 0.214. The Labute approximate surface area is 123 Å². The molecule has 5 nitrogen and oxygen atoms in total. The smallest absolute Gasteiger partial charge is 0.250 e. The van der Waals surface area contributed by atoms with E-state index in [1.807, 2.05) is 13.0 Å². The predicted molar refractivity (Wildman–Crippen MR) is 78.8 cm³/mol. The van der Waals surface area contributed by atoms with E-state index in [9.17, 15) is 8.42 Å². The van der Waals surface area contributed by atoms with Crippen LogP contribution in [0.25, 0.3) is 0 Å². The summed E-state index contributed by atoms with van der Waals surface area (Å²) in [6.07, 6.45) is 3.84. The summed E-state index contributed by atoms with van der Waals surface area (Å²) in [7, 11) is -3.62. The minimum atomic E-state index is -3.62. The Morgan fingerprint density at radius 1 is 1.55 bits per heavy atom. The van der Waals surface area contributed by atoms with Gasteiger partial charge in [-0.05, 0) is 30.9 Å². The molecule has 1 aliphatic carbocycles. The molecule has 3 N–H and O–H groups in total. The Bertz CT molecular complexity index is 618. The fourth-order valence-corrected chi connectivity index (χ4v) is 5.39.